The SMILES string of the molecule is CN(Cc1ccccn1)C(=O)CC1CN(C(=O)c2cccc(O)c2)Cc2ccnn21. The van der Waals surface area contributed by atoms with E-state index >= 15 is 0 Å². The maximum Gasteiger partial charge on any atom is 0.254 e. The first-order valence-electron chi connectivity index (χ1n) is 9.76. The van der Waals surface area contributed by atoms with Gasteiger partial charge in [0.25, 0.3) is 5.91 Å². The molecule has 0 aliphatic carbocycles. The van der Waals surface area contributed by atoms with E-state index in [1.54, 1.807) is 41.4 Å². The molecule has 0 radical (unpaired) electrons. The van der Waals surface area contributed by atoms with Gasteiger partial charge in [-0.15, -0.1) is 0 Å². The second-order valence-corrected chi connectivity index (χ2v) is 7.43. The van der Waals surface area contributed by atoms with Crippen LogP contribution < -0.4 is 0 Å². The summed E-state index contributed by atoms with van der Waals surface area (Å²) in [6.45, 7) is 1.19. The van der Waals surface area contributed by atoms with Crippen LogP contribution >= 0.6 is 0 Å². The number of phenols is 1. The monoisotopic (exact) mass is 405 g/mol. The first kappa shape index (κ1) is 19.6. The molecule has 0 spiro atoms. The minimum atomic E-state index is -0.260. The van der Waals surface area contributed by atoms with Crippen LogP contribution in [0.3, 0.4) is 0 Å². The Morgan fingerprint density at radius 2 is 2.03 bits per heavy atom. The highest BCUT2D eigenvalue weighted by Gasteiger charge is 2.31. The molecule has 1 atom stereocenters. The highest BCUT2D eigenvalue weighted by atomic mass is 16.3. The number of aromatic nitrogens is 3. The molecule has 1 aromatic carbocycles. The van der Waals surface area contributed by atoms with Crippen molar-refractivity contribution in [2.45, 2.75) is 25.6 Å². The molecule has 1 unspecified atom stereocenters. The van der Waals surface area contributed by atoms with Crippen molar-refractivity contribution in [2.75, 3.05) is 13.6 Å². The van der Waals surface area contributed by atoms with Crippen LogP contribution in [0.4, 0.5) is 0 Å². The molecule has 30 heavy (non-hydrogen) atoms. The highest BCUT2D eigenvalue weighted by Crippen LogP contribution is 2.25. The van der Waals surface area contributed by atoms with Crippen LogP contribution in [0.25, 0.3) is 0 Å². The van der Waals surface area contributed by atoms with Crippen molar-refractivity contribution in [2.24, 2.45) is 0 Å². The average molecular weight is 405 g/mol. The maximum absolute atomic E-state index is 13.0. The van der Waals surface area contributed by atoms with E-state index in [1.807, 2.05) is 28.9 Å². The van der Waals surface area contributed by atoms with Gasteiger partial charge in [-0.1, -0.05) is 12.1 Å². The van der Waals surface area contributed by atoms with Gasteiger partial charge in [0.05, 0.1) is 36.9 Å². The number of carbonyl (C=O) groups excluding carboxylic acids is 2. The third kappa shape index (κ3) is 4.17. The zero-order chi connectivity index (χ0) is 21.1. The van der Waals surface area contributed by atoms with E-state index in [-0.39, 0.29) is 30.0 Å². The number of fused-ring (bicyclic) bond motifs is 1. The summed E-state index contributed by atoms with van der Waals surface area (Å²) < 4.78 is 1.83. The molecular formula is C22H23N5O3. The fraction of sp³-hybridized carbons (Fsp3) is 0.273. The van der Waals surface area contributed by atoms with Crippen molar-refractivity contribution in [1.82, 2.24) is 24.6 Å². The number of nitrogens with zero attached hydrogens (tertiary/aromatic N) is 5. The lowest BCUT2D eigenvalue weighted by molar-refractivity contribution is -0.131. The minimum absolute atomic E-state index is 0.0428. The summed E-state index contributed by atoms with van der Waals surface area (Å²) in [7, 11) is 1.75. The lowest BCUT2D eigenvalue weighted by atomic mass is 10.1. The van der Waals surface area contributed by atoms with Crippen molar-refractivity contribution >= 4 is 11.8 Å². The van der Waals surface area contributed by atoms with Crippen molar-refractivity contribution in [1.29, 1.82) is 0 Å². The van der Waals surface area contributed by atoms with E-state index in [1.165, 1.54) is 12.1 Å². The molecule has 154 valence electrons. The molecule has 8 nitrogen and oxygen atoms in total. The summed E-state index contributed by atoms with van der Waals surface area (Å²) in [5.41, 5.74) is 2.11. The number of phenolic OH excluding ortho intramolecular Hbond substituents is 1. The number of carbonyl (C=O) groups is 2. The predicted octanol–water partition coefficient (Wildman–Crippen LogP) is 2.23. The topological polar surface area (TPSA) is 91.6 Å². The Labute approximate surface area is 174 Å². The van der Waals surface area contributed by atoms with Gasteiger partial charge in [-0.2, -0.15) is 5.10 Å². The molecule has 2 amide bonds. The quantitative estimate of drug-likeness (QED) is 0.703. The van der Waals surface area contributed by atoms with Crippen molar-refractivity contribution in [3.63, 3.8) is 0 Å². The lowest BCUT2D eigenvalue weighted by Gasteiger charge is -2.34. The Hall–Kier alpha value is -3.68. The fourth-order valence-electron chi connectivity index (χ4n) is 3.69. The molecule has 0 bridgehead atoms. The van der Waals surface area contributed by atoms with E-state index in [2.05, 4.69) is 10.1 Å². The maximum atomic E-state index is 13.0. The van der Waals surface area contributed by atoms with Crippen molar-refractivity contribution in [3.05, 3.63) is 77.9 Å². The van der Waals surface area contributed by atoms with Crippen LogP contribution in [0.15, 0.2) is 60.9 Å². The van der Waals surface area contributed by atoms with E-state index in [9.17, 15) is 14.7 Å². The first-order valence-corrected chi connectivity index (χ1v) is 9.76. The number of hydrogen-bond acceptors (Lipinski definition) is 5. The molecule has 1 N–H and O–H groups in total. The van der Waals surface area contributed by atoms with Gasteiger partial charge in [-0.3, -0.25) is 19.3 Å². The van der Waals surface area contributed by atoms with Crippen LogP contribution in [0.1, 0.15) is 34.2 Å². The average Bonchev–Trinajstić information content (AvgIpc) is 3.23. The van der Waals surface area contributed by atoms with Crippen molar-refractivity contribution < 1.29 is 14.7 Å². The minimum Gasteiger partial charge on any atom is -0.508 e. The molecular weight excluding hydrogens is 382 g/mol. The zero-order valence-corrected chi connectivity index (χ0v) is 16.7. The van der Waals surface area contributed by atoms with E-state index in [0.29, 0.717) is 25.2 Å². The number of hydrogen-bond donors (Lipinski definition) is 1. The van der Waals surface area contributed by atoms with Crippen LogP contribution in [0.2, 0.25) is 0 Å². The van der Waals surface area contributed by atoms with Crippen LogP contribution in [0.5, 0.6) is 5.75 Å². The molecule has 0 saturated heterocycles. The van der Waals surface area contributed by atoms with Gasteiger partial charge in [-0.25, -0.2) is 0 Å². The lowest BCUT2D eigenvalue weighted by Crippen LogP contribution is -2.43. The van der Waals surface area contributed by atoms with Gasteiger partial charge < -0.3 is 14.9 Å². The summed E-state index contributed by atoms with van der Waals surface area (Å²) >= 11 is 0. The summed E-state index contributed by atoms with van der Waals surface area (Å²) in [6.07, 6.45) is 3.62. The Balaban J connectivity index is 1.48. The molecule has 8 heteroatoms. The number of pyridine rings is 1. The molecule has 0 fully saturated rings. The Kier molecular flexibility index (Phi) is 5.47. The van der Waals surface area contributed by atoms with Gasteiger partial charge in [0, 0.05) is 31.5 Å². The standard InChI is InChI=1S/C22H23N5O3/c1-25(13-17-6-2-3-9-23-17)21(29)12-19-15-26(14-18-8-10-24-27(18)19)22(30)16-5-4-7-20(28)11-16/h2-11,19,28H,12-15H2,1H3. The normalized spacial score (nSPS) is 15.5. The van der Waals surface area contributed by atoms with Gasteiger partial charge >= 0.3 is 0 Å². The third-order valence-electron chi connectivity index (χ3n) is 5.22. The molecule has 3 heterocycles. The van der Waals surface area contributed by atoms with Crippen LogP contribution in [-0.2, 0) is 17.9 Å². The van der Waals surface area contributed by atoms with E-state index in [4.69, 9.17) is 0 Å². The zero-order valence-electron chi connectivity index (χ0n) is 16.7. The molecule has 1 aliphatic rings. The third-order valence-corrected chi connectivity index (χ3v) is 5.22. The molecule has 0 saturated carbocycles. The highest BCUT2D eigenvalue weighted by molar-refractivity contribution is 5.94. The first-order chi connectivity index (χ1) is 14.5. The molecule has 3 aromatic rings. The Morgan fingerprint density at radius 1 is 1.17 bits per heavy atom. The van der Waals surface area contributed by atoms with Crippen LogP contribution in [-0.4, -0.2) is 55.1 Å². The number of rotatable bonds is 5. The van der Waals surface area contributed by atoms with E-state index < -0.39 is 0 Å². The van der Waals surface area contributed by atoms with E-state index in [0.717, 1.165) is 11.4 Å². The van der Waals surface area contributed by atoms with Gasteiger partial charge in [0.2, 0.25) is 5.91 Å². The fourth-order valence-corrected chi connectivity index (χ4v) is 3.69. The largest absolute Gasteiger partial charge is 0.508 e. The summed E-state index contributed by atoms with van der Waals surface area (Å²) in [6, 6.07) is 13.5. The number of benzene rings is 1. The van der Waals surface area contributed by atoms with Crippen LogP contribution in [0, 0.1) is 0 Å². The Bertz CT molecular complexity index is 1050. The number of amides is 2. The van der Waals surface area contributed by atoms with Gasteiger partial charge in [0.1, 0.15) is 5.75 Å². The summed E-state index contributed by atoms with van der Waals surface area (Å²) in [5.74, 6) is -0.179. The smallest absolute Gasteiger partial charge is 0.254 e. The number of aromatic hydroxyl groups is 1. The van der Waals surface area contributed by atoms with Gasteiger partial charge in [-0.05, 0) is 36.4 Å². The predicted molar refractivity (Wildman–Crippen MR) is 109 cm³/mol. The van der Waals surface area contributed by atoms with Crippen molar-refractivity contribution in [3.8, 4) is 5.75 Å². The summed E-state index contributed by atoms with van der Waals surface area (Å²) in [5, 5.41) is 14.1. The van der Waals surface area contributed by atoms with Gasteiger partial charge in [0.15, 0.2) is 0 Å². The molecule has 1 aliphatic heterocycles. The second-order valence-electron chi connectivity index (χ2n) is 7.43. The second kappa shape index (κ2) is 8.36. The summed E-state index contributed by atoms with van der Waals surface area (Å²) in [4.78, 5) is 33.4. The molecule has 2 aromatic heterocycles. The Morgan fingerprint density at radius 3 is 2.80 bits per heavy atom. The molecule has 4 rings (SSSR count).